The molecule has 2 rings (SSSR count). The van der Waals surface area contributed by atoms with E-state index in [1.807, 2.05) is 51.1 Å². The molecule has 2 atom stereocenters. The summed E-state index contributed by atoms with van der Waals surface area (Å²) in [5, 5.41) is 15.5. The fourth-order valence-corrected chi connectivity index (χ4v) is 3.89. The minimum absolute atomic E-state index is 0.0618. The molecule has 3 amide bonds. The van der Waals surface area contributed by atoms with Crippen LogP contribution in [0, 0.1) is 0 Å². The van der Waals surface area contributed by atoms with Crippen LogP contribution in [0.1, 0.15) is 71.6 Å². The van der Waals surface area contributed by atoms with E-state index in [4.69, 9.17) is 4.74 Å². The molecular weight excluding hydrogens is 470 g/mol. The number of unbranched alkanes of at least 4 members (excludes halogenated alkanes) is 1. The summed E-state index contributed by atoms with van der Waals surface area (Å²) in [5.74, 6) is -0.659. The largest absolute Gasteiger partial charge is 0.508 e. The number of hydrogen-bond acceptors (Lipinski definition) is 5. The highest BCUT2D eigenvalue weighted by molar-refractivity contribution is 5.92. The molecule has 2 aromatic carbocycles. The zero-order valence-electron chi connectivity index (χ0n) is 22.8. The van der Waals surface area contributed by atoms with Crippen LogP contribution in [-0.2, 0) is 20.7 Å². The molecule has 0 radical (unpaired) electrons. The zero-order chi connectivity index (χ0) is 27.6. The number of phenolic OH excluding ortho intramolecular Hbond substituents is 1. The summed E-state index contributed by atoms with van der Waals surface area (Å²) in [5.41, 5.74) is 0.689. The number of nitrogens with zero attached hydrogens (tertiary/aromatic N) is 1. The Kier molecular flexibility index (Phi) is 11.0. The molecule has 0 aliphatic rings. The molecule has 2 aromatic rings. The lowest BCUT2D eigenvalue weighted by molar-refractivity contribution is -0.142. The van der Waals surface area contributed by atoms with Crippen molar-refractivity contribution in [1.29, 1.82) is 0 Å². The van der Waals surface area contributed by atoms with E-state index in [-0.39, 0.29) is 30.0 Å². The first-order valence-electron chi connectivity index (χ1n) is 12.8. The van der Waals surface area contributed by atoms with Crippen molar-refractivity contribution in [2.24, 2.45) is 0 Å². The van der Waals surface area contributed by atoms with Crippen molar-refractivity contribution in [3.63, 3.8) is 0 Å². The molecule has 3 N–H and O–H groups in total. The molecule has 0 fully saturated rings. The van der Waals surface area contributed by atoms with Gasteiger partial charge in [0.25, 0.3) is 0 Å². The third kappa shape index (κ3) is 9.79. The van der Waals surface area contributed by atoms with Crippen molar-refractivity contribution in [2.75, 3.05) is 6.54 Å². The number of aromatic hydroxyl groups is 1. The number of alkyl carbamates (subject to hydrolysis) is 1. The van der Waals surface area contributed by atoms with Crippen molar-refractivity contribution in [2.45, 2.75) is 84.5 Å². The van der Waals surface area contributed by atoms with Gasteiger partial charge in [0.15, 0.2) is 0 Å². The predicted molar refractivity (Wildman–Crippen MR) is 144 cm³/mol. The smallest absolute Gasteiger partial charge is 0.408 e. The topological polar surface area (TPSA) is 108 Å². The Labute approximate surface area is 220 Å². The summed E-state index contributed by atoms with van der Waals surface area (Å²) in [4.78, 5) is 41.9. The quantitative estimate of drug-likeness (QED) is 0.405. The highest BCUT2D eigenvalue weighted by Gasteiger charge is 2.36. The van der Waals surface area contributed by atoms with Gasteiger partial charge in [-0.05, 0) is 64.3 Å². The lowest BCUT2D eigenvalue weighted by atomic mass is 9.99. The molecule has 0 heterocycles. The molecule has 8 heteroatoms. The lowest BCUT2D eigenvalue weighted by Crippen LogP contribution is -2.54. The van der Waals surface area contributed by atoms with Gasteiger partial charge in [0.05, 0.1) is 0 Å². The lowest BCUT2D eigenvalue weighted by Gasteiger charge is -2.35. The summed E-state index contributed by atoms with van der Waals surface area (Å²) in [6, 6.07) is 13.6. The van der Waals surface area contributed by atoms with Gasteiger partial charge < -0.3 is 25.4 Å². The summed E-state index contributed by atoms with van der Waals surface area (Å²) in [6.07, 6.45) is 1.00. The third-order valence-electron chi connectivity index (χ3n) is 5.51. The van der Waals surface area contributed by atoms with E-state index >= 15 is 0 Å². The van der Waals surface area contributed by atoms with Gasteiger partial charge in [0, 0.05) is 19.0 Å². The number of hydrogen-bond donors (Lipinski definition) is 3. The molecule has 0 saturated carbocycles. The van der Waals surface area contributed by atoms with E-state index in [1.165, 1.54) is 17.0 Å². The van der Waals surface area contributed by atoms with Crippen LogP contribution < -0.4 is 10.6 Å². The molecule has 0 aromatic heterocycles. The molecule has 0 bridgehead atoms. The first-order valence-corrected chi connectivity index (χ1v) is 12.8. The van der Waals surface area contributed by atoms with E-state index in [2.05, 4.69) is 10.6 Å². The minimum atomic E-state index is -0.958. The van der Waals surface area contributed by atoms with Crippen LogP contribution in [0.2, 0.25) is 0 Å². The van der Waals surface area contributed by atoms with Gasteiger partial charge in [-0.15, -0.1) is 0 Å². The standard InChI is InChI=1S/C29H41N3O5/c1-7-8-18-32(25(26(34)30-20(2)3)22-14-16-23(33)17-15-22)27(35)24(19-21-12-10-9-11-13-21)31-28(36)37-29(4,5)6/h9-17,20,24-25,33H,7-8,18-19H2,1-6H3,(H,30,34)(H,31,36). The van der Waals surface area contributed by atoms with Gasteiger partial charge in [-0.25, -0.2) is 4.79 Å². The van der Waals surface area contributed by atoms with Crippen LogP contribution in [-0.4, -0.2) is 52.1 Å². The summed E-state index contributed by atoms with van der Waals surface area (Å²) in [7, 11) is 0. The average Bonchev–Trinajstić information content (AvgIpc) is 2.80. The number of amides is 3. The Morgan fingerprint density at radius 1 is 0.973 bits per heavy atom. The van der Waals surface area contributed by atoms with Crippen LogP contribution in [0.5, 0.6) is 5.75 Å². The Balaban J connectivity index is 2.51. The van der Waals surface area contributed by atoms with E-state index in [9.17, 15) is 19.5 Å². The first kappa shape index (κ1) is 29.7. The number of benzene rings is 2. The highest BCUT2D eigenvalue weighted by atomic mass is 16.6. The number of rotatable bonds is 11. The second kappa shape index (κ2) is 13.7. The third-order valence-corrected chi connectivity index (χ3v) is 5.51. The van der Waals surface area contributed by atoms with Gasteiger partial charge in [-0.3, -0.25) is 9.59 Å². The number of carbonyl (C=O) groups is 3. The normalized spacial score (nSPS) is 12.9. The van der Waals surface area contributed by atoms with Gasteiger partial charge in [-0.1, -0.05) is 55.8 Å². The second-order valence-corrected chi connectivity index (χ2v) is 10.4. The monoisotopic (exact) mass is 511 g/mol. The molecule has 0 spiro atoms. The molecule has 37 heavy (non-hydrogen) atoms. The fraction of sp³-hybridized carbons (Fsp3) is 0.483. The maximum atomic E-state index is 14.2. The molecule has 0 aliphatic carbocycles. The summed E-state index contributed by atoms with van der Waals surface area (Å²) in [6.45, 7) is 11.3. The van der Waals surface area contributed by atoms with Crippen molar-refractivity contribution < 1.29 is 24.2 Å². The Hall–Kier alpha value is -3.55. The number of nitrogens with one attached hydrogen (secondary N) is 2. The van der Waals surface area contributed by atoms with E-state index in [0.717, 1.165) is 12.0 Å². The minimum Gasteiger partial charge on any atom is -0.508 e. The highest BCUT2D eigenvalue weighted by Crippen LogP contribution is 2.26. The van der Waals surface area contributed by atoms with Gasteiger partial charge in [0.1, 0.15) is 23.4 Å². The number of ether oxygens (including phenoxy) is 1. The molecule has 0 saturated heterocycles. The SMILES string of the molecule is CCCCN(C(=O)C(Cc1ccccc1)NC(=O)OC(C)(C)C)C(C(=O)NC(C)C)c1ccc(O)cc1. The fourth-order valence-electron chi connectivity index (χ4n) is 3.89. The number of phenols is 1. The van der Waals surface area contributed by atoms with Crippen LogP contribution in [0.4, 0.5) is 4.79 Å². The molecule has 2 unspecified atom stereocenters. The van der Waals surface area contributed by atoms with E-state index < -0.39 is 23.8 Å². The second-order valence-electron chi connectivity index (χ2n) is 10.4. The van der Waals surface area contributed by atoms with Crippen molar-refractivity contribution in [3.05, 3.63) is 65.7 Å². The predicted octanol–water partition coefficient (Wildman–Crippen LogP) is 4.72. The maximum Gasteiger partial charge on any atom is 0.408 e. The summed E-state index contributed by atoms with van der Waals surface area (Å²) >= 11 is 0. The Morgan fingerprint density at radius 3 is 2.14 bits per heavy atom. The van der Waals surface area contributed by atoms with Crippen LogP contribution in [0.3, 0.4) is 0 Å². The van der Waals surface area contributed by atoms with E-state index in [1.54, 1.807) is 32.9 Å². The average molecular weight is 512 g/mol. The Morgan fingerprint density at radius 2 is 1.59 bits per heavy atom. The van der Waals surface area contributed by atoms with Gasteiger partial charge >= 0.3 is 6.09 Å². The van der Waals surface area contributed by atoms with Crippen LogP contribution >= 0.6 is 0 Å². The first-order chi connectivity index (χ1) is 17.4. The van der Waals surface area contributed by atoms with Crippen molar-refractivity contribution in [3.8, 4) is 5.75 Å². The molecular formula is C29H41N3O5. The summed E-state index contributed by atoms with van der Waals surface area (Å²) < 4.78 is 5.45. The van der Waals surface area contributed by atoms with Gasteiger partial charge in [0.2, 0.25) is 11.8 Å². The van der Waals surface area contributed by atoms with Crippen LogP contribution in [0.25, 0.3) is 0 Å². The van der Waals surface area contributed by atoms with Gasteiger partial charge in [-0.2, -0.15) is 0 Å². The molecule has 0 aliphatic heterocycles. The molecule has 8 nitrogen and oxygen atoms in total. The molecule has 202 valence electrons. The zero-order valence-corrected chi connectivity index (χ0v) is 22.8. The van der Waals surface area contributed by atoms with Crippen LogP contribution in [0.15, 0.2) is 54.6 Å². The Bertz CT molecular complexity index is 1020. The number of carbonyl (C=O) groups excluding carboxylic acids is 3. The van der Waals surface area contributed by atoms with E-state index in [0.29, 0.717) is 18.5 Å². The maximum absolute atomic E-state index is 14.2. The van der Waals surface area contributed by atoms with Crippen molar-refractivity contribution >= 4 is 17.9 Å². The van der Waals surface area contributed by atoms with Crippen molar-refractivity contribution in [1.82, 2.24) is 15.5 Å².